The zero-order valence-electron chi connectivity index (χ0n) is 10.4. The third kappa shape index (κ3) is 3.11. The third-order valence-electron chi connectivity index (χ3n) is 2.52. The van der Waals surface area contributed by atoms with Gasteiger partial charge in [-0.2, -0.15) is 10.4 Å². The normalized spacial score (nSPS) is 10.9. The highest BCUT2D eigenvalue weighted by Gasteiger charge is 2.32. The van der Waals surface area contributed by atoms with Crippen LogP contribution in [0.4, 0.5) is 13.2 Å². The van der Waals surface area contributed by atoms with Gasteiger partial charge in [0.25, 0.3) is 0 Å². The molecule has 9 heteroatoms. The summed E-state index contributed by atoms with van der Waals surface area (Å²) in [5.41, 5.74) is 0.337. The second-order valence-electron chi connectivity index (χ2n) is 3.89. The number of nitrogens with one attached hydrogen (secondary N) is 1. The largest absolute Gasteiger partial charge is 0.573 e. The summed E-state index contributed by atoms with van der Waals surface area (Å²) in [6.45, 7) is 0. The lowest BCUT2D eigenvalue weighted by Crippen LogP contribution is -2.17. The topological polar surface area (TPSA) is 61.7 Å². The van der Waals surface area contributed by atoms with E-state index in [-0.39, 0.29) is 32.6 Å². The first-order valence-electron chi connectivity index (χ1n) is 5.47. The molecule has 0 saturated heterocycles. The van der Waals surface area contributed by atoms with Crippen LogP contribution >= 0.6 is 23.2 Å². The SMILES string of the molecule is C#Cc1c(C#N)n[nH]c1-c1c(Cl)cc(OC(F)(F)F)cc1Cl. The first kappa shape index (κ1) is 16.0. The van der Waals surface area contributed by atoms with Gasteiger partial charge in [0.1, 0.15) is 11.8 Å². The molecule has 0 aliphatic rings. The molecule has 2 aromatic rings. The number of ether oxygens (including phenoxy) is 1. The van der Waals surface area contributed by atoms with Crippen molar-refractivity contribution < 1.29 is 17.9 Å². The molecule has 0 aliphatic carbocycles. The van der Waals surface area contributed by atoms with Gasteiger partial charge in [-0.25, -0.2) is 0 Å². The minimum Gasteiger partial charge on any atom is -0.406 e. The number of benzene rings is 1. The molecule has 4 nitrogen and oxygen atoms in total. The molecule has 0 bridgehead atoms. The van der Waals surface area contributed by atoms with E-state index < -0.39 is 12.1 Å². The summed E-state index contributed by atoms with van der Waals surface area (Å²) < 4.78 is 40.4. The molecule has 0 spiro atoms. The number of terminal acetylenes is 1. The molecule has 1 N–H and O–H groups in total. The number of hydrogen-bond donors (Lipinski definition) is 1. The molecule has 0 unspecified atom stereocenters. The molecule has 0 fully saturated rings. The van der Waals surface area contributed by atoms with Crippen LogP contribution in [0.5, 0.6) is 5.75 Å². The van der Waals surface area contributed by atoms with E-state index in [2.05, 4.69) is 20.9 Å². The quantitative estimate of drug-likeness (QED) is 0.832. The molecule has 0 saturated carbocycles. The van der Waals surface area contributed by atoms with Gasteiger partial charge in [-0.1, -0.05) is 29.1 Å². The molecule has 22 heavy (non-hydrogen) atoms. The number of halogens is 5. The second-order valence-corrected chi connectivity index (χ2v) is 4.70. The van der Waals surface area contributed by atoms with Gasteiger partial charge in [0.05, 0.1) is 21.3 Å². The predicted molar refractivity (Wildman–Crippen MR) is 73.4 cm³/mol. The fourth-order valence-corrected chi connectivity index (χ4v) is 2.38. The fourth-order valence-electron chi connectivity index (χ4n) is 1.73. The minimum atomic E-state index is -4.87. The van der Waals surface area contributed by atoms with Crippen LogP contribution in [0.25, 0.3) is 11.3 Å². The number of nitrogens with zero attached hydrogens (tertiary/aromatic N) is 2. The van der Waals surface area contributed by atoms with Crippen molar-refractivity contribution >= 4 is 23.2 Å². The molecule has 112 valence electrons. The monoisotopic (exact) mass is 345 g/mol. The first-order chi connectivity index (χ1) is 10.3. The predicted octanol–water partition coefficient (Wildman–Crippen LogP) is 4.14. The summed E-state index contributed by atoms with van der Waals surface area (Å²) in [5, 5.41) is 14.8. The standard InChI is InChI=1S/C13H4Cl2F3N3O/c1-2-7-10(5-19)20-21-12(7)11-8(14)3-6(4-9(11)15)22-13(16,17)18/h1,3-4H,(H,20,21). The van der Waals surface area contributed by atoms with Gasteiger partial charge in [-0.05, 0) is 12.1 Å². The average molecular weight is 346 g/mol. The van der Waals surface area contributed by atoms with E-state index in [1.54, 1.807) is 6.07 Å². The van der Waals surface area contributed by atoms with Crippen LogP contribution in [0.3, 0.4) is 0 Å². The molecular weight excluding hydrogens is 342 g/mol. The van der Waals surface area contributed by atoms with Crippen LogP contribution < -0.4 is 4.74 Å². The van der Waals surface area contributed by atoms with Crippen LogP contribution in [-0.4, -0.2) is 16.6 Å². The molecule has 0 aliphatic heterocycles. The Bertz CT molecular complexity index is 792. The van der Waals surface area contributed by atoms with Gasteiger partial charge >= 0.3 is 6.36 Å². The summed E-state index contributed by atoms with van der Waals surface area (Å²) in [7, 11) is 0. The van der Waals surface area contributed by atoms with Gasteiger partial charge in [0, 0.05) is 5.56 Å². The van der Waals surface area contributed by atoms with E-state index in [0.29, 0.717) is 0 Å². The van der Waals surface area contributed by atoms with Crippen molar-refractivity contribution in [2.45, 2.75) is 6.36 Å². The Balaban J connectivity index is 2.57. The van der Waals surface area contributed by atoms with Gasteiger partial charge in [0.15, 0.2) is 5.69 Å². The number of alkyl halides is 3. The summed E-state index contributed by atoms with van der Waals surface area (Å²) in [5.74, 6) is 1.68. The smallest absolute Gasteiger partial charge is 0.406 e. The number of aromatic amines is 1. The zero-order valence-corrected chi connectivity index (χ0v) is 11.9. The van der Waals surface area contributed by atoms with Crippen LogP contribution in [0.15, 0.2) is 12.1 Å². The van der Waals surface area contributed by atoms with Crippen molar-refractivity contribution in [3.8, 4) is 35.4 Å². The second kappa shape index (κ2) is 5.80. The Morgan fingerprint density at radius 3 is 2.32 bits per heavy atom. The third-order valence-corrected chi connectivity index (χ3v) is 3.11. The van der Waals surface area contributed by atoms with Crippen LogP contribution in [-0.2, 0) is 0 Å². The molecule has 0 radical (unpaired) electrons. The van der Waals surface area contributed by atoms with Crippen molar-refractivity contribution in [2.75, 3.05) is 0 Å². The number of hydrogen-bond acceptors (Lipinski definition) is 3. The summed E-state index contributed by atoms with van der Waals surface area (Å²) in [4.78, 5) is 0. The lowest BCUT2D eigenvalue weighted by Gasteiger charge is -2.12. The summed E-state index contributed by atoms with van der Waals surface area (Å²) >= 11 is 11.9. The molecule has 2 rings (SSSR count). The van der Waals surface area contributed by atoms with Gasteiger partial charge in [0.2, 0.25) is 0 Å². The maximum absolute atomic E-state index is 12.2. The Morgan fingerprint density at radius 2 is 1.86 bits per heavy atom. The van der Waals surface area contributed by atoms with Crippen molar-refractivity contribution in [3.63, 3.8) is 0 Å². The molecule has 1 aromatic carbocycles. The highest BCUT2D eigenvalue weighted by molar-refractivity contribution is 6.39. The lowest BCUT2D eigenvalue weighted by molar-refractivity contribution is -0.274. The van der Waals surface area contributed by atoms with Crippen molar-refractivity contribution in [2.24, 2.45) is 0 Å². The van der Waals surface area contributed by atoms with E-state index in [1.165, 1.54) is 0 Å². The Labute approximate surface area is 132 Å². The van der Waals surface area contributed by atoms with E-state index in [1.807, 2.05) is 0 Å². The molecule has 1 heterocycles. The number of H-pyrrole nitrogens is 1. The van der Waals surface area contributed by atoms with Crippen LogP contribution in [0.2, 0.25) is 10.0 Å². The fraction of sp³-hybridized carbons (Fsp3) is 0.0769. The summed E-state index contributed by atoms with van der Waals surface area (Å²) in [6.07, 6.45) is 0.427. The lowest BCUT2D eigenvalue weighted by atomic mass is 10.1. The Kier molecular flexibility index (Phi) is 4.23. The Hall–Kier alpha value is -2.35. The average Bonchev–Trinajstić information content (AvgIpc) is 2.78. The maximum atomic E-state index is 12.2. The van der Waals surface area contributed by atoms with E-state index in [9.17, 15) is 13.2 Å². The highest BCUT2D eigenvalue weighted by Crippen LogP contribution is 2.40. The first-order valence-corrected chi connectivity index (χ1v) is 6.22. The van der Waals surface area contributed by atoms with Crippen molar-refractivity contribution in [1.82, 2.24) is 10.2 Å². The van der Waals surface area contributed by atoms with Crippen LogP contribution in [0.1, 0.15) is 11.3 Å². The van der Waals surface area contributed by atoms with Crippen molar-refractivity contribution in [1.29, 1.82) is 5.26 Å². The molecule has 1 aromatic heterocycles. The van der Waals surface area contributed by atoms with Crippen molar-refractivity contribution in [3.05, 3.63) is 33.4 Å². The zero-order chi connectivity index (χ0) is 16.5. The van der Waals surface area contributed by atoms with Gasteiger partial charge < -0.3 is 4.74 Å². The van der Waals surface area contributed by atoms with Gasteiger partial charge in [-0.3, -0.25) is 5.10 Å². The van der Waals surface area contributed by atoms with E-state index in [4.69, 9.17) is 34.9 Å². The van der Waals surface area contributed by atoms with E-state index >= 15 is 0 Å². The number of aromatic nitrogens is 2. The Morgan fingerprint density at radius 1 is 1.27 bits per heavy atom. The van der Waals surface area contributed by atoms with E-state index in [0.717, 1.165) is 12.1 Å². The highest BCUT2D eigenvalue weighted by atomic mass is 35.5. The molecule has 0 atom stereocenters. The molecule has 0 amide bonds. The number of nitriles is 1. The molecular formula is C13H4Cl2F3N3O. The number of rotatable bonds is 2. The maximum Gasteiger partial charge on any atom is 0.573 e. The summed E-state index contributed by atoms with van der Waals surface area (Å²) in [6, 6.07) is 3.64. The van der Waals surface area contributed by atoms with Crippen LogP contribution in [0, 0.1) is 23.7 Å². The minimum absolute atomic E-state index is 0.0553. The van der Waals surface area contributed by atoms with Gasteiger partial charge in [-0.15, -0.1) is 19.6 Å².